The van der Waals surface area contributed by atoms with Gasteiger partial charge in [-0.1, -0.05) is 30.3 Å². The fourth-order valence-corrected chi connectivity index (χ4v) is 2.99. The highest BCUT2D eigenvalue weighted by Crippen LogP contribution is 2.27. The molecule has 0 N–H and O–H groups in total. The first-order valence-corrected chi connectivity index (χ1v) is 7.88. The van der Waals surface area contributed by atoms with Crippen molar-refractivity contribution in [2.24, 2.45) is 5.92 Å². The number of ether oxygens (including phenoxy) is 1. The van der Waals surface area contributed by atoms with E-state index in [4.69, 9.17) is 4.74 Å². The minimum Gasteiger partial charge on any atom is -0.444 e. The third kappa shape index (κ3) is 4.76. The van der Waals surface area contributed by atoms with Crippen molar-refractivity contribution in [1.82, 2.24) is 4.90 Å². The Labute approximate surface area is 128 Å². The Kier molecular flexibility index (Phi) is 4.92. The number of carbonyl (C=O) groups excluding carboxylic acids is 1. The van der Waals surface area contributed by atoms with E-state index in [1.165, 1.54) is 5.56 Å². The zero-order chi connectivity index (χ0) is 15.5. The number of piperidine rings is 1. The molecule has 1 heterocycles. The van der Waals surface area contributed by atoms with E-state index in [1.807, 2.05) is 25.7 Å². The fourth-order valence-electron chi connectivity index (χ4n) is 2.99. The molecule has 3 heteroatoms. The molecule has 2 atom stereocenters. The van der Waals surface area contributed by atoms with E-state index < -0.39 is 5.60 Å². The molecule has 2 rings (SSSR count). The minimum absolute atomic E-state index is 0.173. The van der Waals surface area contributed by atoms with E-state index in [2.05, 4.69) is 37.3 Å². The van der Waals surface area contributed by atoms with Gasteiger partial charge in [0, 0.05) is 12.6 Å². The summed E-state index contributed by atoms with van der Waals surface area (Å²) < 4.78 is 5.49. The maximum Gasteiger partial charge on any atom is 0.410 e. The SMILES string of the molecule is CC1CC(Cc2ccccc2)CCN1C(=O)OC(C)(C)C. The lowest BCUT2D eigenvalue weighted by molar-refractivity contribution is 0.00719. The van der Waals surface area contributed by atoms with Crippen LogP contribution >= 0.6 is 0 Å². The summed E-state index contributed by atoms with van der Waals surface area (Å²) in [6, 6.07) is 10.9. The number of rotatable bonds is 2. The fraction of sp³-hybridized carbons (Fsp3) is 0.611. The van der Waals surface area contributed by atoms with Gasteiger partial charge in [0.1, 0.15) is 5.60 Å². The first-order chi connectivity index (χ1) is 9.85. The van der Waals surface area contributed by atoms with E-state index in [0.717, 1.165) is 25.8 Å². The summed E-state index contributed by atoms with van der Waals surface area (Å²) in [5, 5.41) is 0. The summed E-state index contributed by atoms with van der Waals surface area (Å²) in [4.78, 5) is 14.1. The topological polar surface area (TPSA) is 29.5 Å². The Morgan fingerprint density at radius 2 is 1.95 bits per heavy atom. The van der Waals surface area contributed by atoms with E-state index in [1.54, 1.807) is 0 Å². The molecule has 0 saturated carbocycles. The lowest BCUT2D eigenvalue weighted by atomic mass is 9.87. The molecule has 1 aliphatic rings. The van der Waals surface area contributed by atoms with E-state index in [-0.39, 0.29) is 12.1 Å². The molecule has 0 bridgehead atoms. The number of benzene rings is 1. The Hall–Kier alpha value is -1.51. The summed E-state index contributed by atoms with van der Waals surface area (Å²) in [6.45, 7) is 8.67. The first-order valence-electron chi connectivity index (χ1n) is 7.88. The lowest BCUT2D eigenvalue weighted by Crippen LogP contribution is -2.47. The van der Waals surface area contributed by atoms with Crippen LogP contribution in [0.3, 0.4) is 0 Å². The van der Waals surface area contributed by atoms with Crippen molar-refractivity contribution >= 4 is 6.09 Å². The van der Waals surface area contributed by atoms with Gasteiger partial charge in [-0.05, 0) is 58.4 Å². The van der Waals surface area contributed by atoms with Gasteiger partial charge in [-0.2, -0.15) is 0 Å². The third-order valence-electron chi connectivity index (χ3n) is 3.98. The van der Waals surface area contributed by atoms with Crippen molar-refractivity contribution in [3.63, 3.8) is 0 Å². The van der Waals surface area contributed by atoms with Gasteiger partial charge in [0.05, 0.1) is 0 Å². The zero-order valence-corrected chi connectivity index (χ0v) is 13.6. The highest BCUT2D eigenvalue weighted by atomic mass is 16.6. The van der Waals surface area contributed by atoms with Crippen LogP contribution in [0.15, 0.2) is 30.3 Å². The monoisotopic (exact) mass is 289 g/mol. The number of nitrogens with zero attached hydrogens (tertiary/aromatic N) is 1. The van der Waals surface area contributed by atoms with Gasteiger partial charge < -0.3 is 9.64 Å². The Morgan fingerprint density at radius 1 is 1.29 bits per heavy atom. The summed E-state index contributed by atoms with van der Waals surface area (Å²) in [5.74, 6) is 0.654. The second kappa shape index (κ2) is 6.50. The molecule has 2 unspecified atom stereocenters. The highest BCUT2D eigenvalue weighted by Gasteiger charge is 2.31. The van der Waals surface area contributed by atoms with Crippen LogP contribution < -0.4 is 0 Å². The van der Waals surface area contributed by atoms with Gasteiger partial charge in [0.2, 0.25) is 0 Å². The zero-order valence-electron chi connectivity index (χ0n) is 13.6. The molecular formula is C18H27NO2. The molecule has 21 heavy (non-hydrogen) atoms. The summed E-state index contributed by atoms with van der Waals surface area (Å²) in [7, 11) is 0. The molecule has 1 amide bonds. The second-order valence-corrected chi connectivity index (χ2v) is 7.10. The summed E-state index contributed by atoms with van der Waals surface area (Å²) in [6.07, 6.45) is 3.04. The van der Waals surface area contributed by atoms with Crippen LogP contribution in [0.5, 0.6) is 0 Å². The van der Waals surface area contributed by atoms with Crippen LogP contribution in [-0.2, 0) is 11.2 Å². The van der Waals surface area contributed by atoms with Crippen molar-refractivity contribution in [3.05, 3.63) is 35.9 Å². The molecule has 1 aromatic rings. The predicted octanol–water partition coefficient (Wildman–Crippen LogP) is 4.26. The average Bonchev–Trinajstić information content (AvgIpc) is 2.37. The van der Waals surface area contributed by atoms with Crippen LogP contribution in [0, 0.1) is 5.92 Å². The van der Waals surface area contributed by atoms with Crippen molar-refractivity contribution in [1.29, 1.82) is 0 Å². The molecule has 0 radical (unpaired) electrons. The van der Waals surface area contributed by atoms with E-state index in [9.17, 15) is 4.79 Å². The Morgan fingerprint density at radius 3 is 2.52 bits per heavy atom. The molecule has 116 valence electrons. The largest absolute Gasteiger partial charge is 0.444 e. The van der Waals surface area contributed by atoms with Gasteiger partial charge in [-0.15, -0.1) is 0 Å². The Bertz CT molecular complexity index is 464. The molecule has 1 fully saturated rings. The second-order valence-electron chi connectivity index (χ2n) is 7.10. The smallest absolute Gasteiger partial charge is 0.410 e. The molecule has 1 saturated heterocycles. The van der Waals surface area contributed by atoms with Crippen molar-refractivity contribution in [3.8, 4) is 0 Å². The van der Waals surface area contributed by atoms with Gasteiger partial charge in [-0.3, -0.25) is 0 Å². The summed E-state index contributed by atoms with van der Waals surface area (Å²) >= 11 is 0. The normalized spacial score (nSPS) is 23.0. The molecular weight excluding hydrogens is 262 g/mol. The number of likely N-dealkylation sites (tertiary alicyclic amines) is 1. The van der Waals surface area contributed by atoms with Crippen LogP contribution in [0.4, 0.5) is 4.79 Å². The molecule has 0 aromatic heterocycles. The number of hydrogen-bond donors (Lipinski definition) is 0. The predicted molar refractivity (Wildman–Crippen MR) is 85.3 cm³/mol. The number of hydrogen-bond acceptors (Lipinski definition) is 2. The minimum atomic E-state index is -0.419. The molecule has 1 aromatic carbocycles. The number of amides is 1. The van der Waals surface area contributed by atoms with Gasteiger partial charge in [0.15, 0.2) is 0 Å². The molecule has 3 nitrogen and oxygen atoms in total. The Balaban J connectivity index is 1.89. The lowest BCUT2D eigenvalue weighted by Gasteiger charge is -2.38. The van der Waals surface area contributed by atoms with Crippen molar-refractivity contribution in [2.45, 2.75) is 58.6 Å². The van der Waals surface area contributed by atoms with Gasteiger partial charge in [0.25, 0.3) is 0 Å². The average molecular weight is 289 g/mol. The van der Waals surface area contributed by atoms with Gasteiger partial charge in [-0.25, -0.2) is 4.79 Å². The maximum atomic E-state index is 12.2. The molecule has 0 spiro atoms. The maximum absolute atomic E-state index is 12.2. The summed E-state index contributed by atoms with van der Waals surface area (Å²) in [5.41, 5.74) is 0.970. The van der Waals surface area contributed by atoms with Crippen LogP contribution in [0.25, 0.3) is 0 Å². The van der Waals surface area contributed by atoms with Crippen molar-refractivity contribution < 1.29 is 9.53 Å². The third-order valence-corrected chi connectivity index (χ3v) is 3.98. The van der Waals surface area contributed by atoms with E-state index >= 15 is 0 Å². The highest BCUT2D eigenvalue weighted by molar-refractivity contribution is 5.68. The number of carbonyl (C=O) groups is 1. The standard InChI is InChI=1S/C18H27NO2/c1-14-12-16(13-15-8-6-5-7-9-15)10-11-19(14)17(20)21-18(2,3)4/h5-9,14,16H,10-13H2,1-4H3. The quantitative estimate of drug-likeness (QED) is 0.814. The van der Waals surface area contributed by atoms with Crippen molar-refractivity contribution in [2.75, 3.05) is 6.54 Å². The first kappa shape index (κ1) is 15.9. The molecule has 0 aliphatic carbocycles. The van der Waals surface area contributed by atoms with Crippen LogP contribution in [-0.4, -0.2) is 29.2 Å². The van der Waals surface area contributed by atoms with Crippen LogP contribution in [0.1, 0.15) is 46.1 Å². The molecule has 1 aliphatic heterocycles. The van der Waals surface area contributed by atoms with E-state index in [0.29, 0.717) is 5.92 Å². The van der Waals surface area contributed by atoms with Gasteiger partial charge >= 0.3 is 6.09 Å². The van der Waals surface area contributed by atoms with Crippen LogP contribution in [0.2, 0.25) is 0 Å².